The highest BCUT2D eigenvalue weighted by Crippen LogP contribution is 2.22. The molecule has 2 amide bonds. The van der Waals surface area contributed by atoms with Gasteiger partial charge in [-0.25, -0.2) is 0 Å². The molecule has 12 heteroatoms. The lowest BCUT2D eigenvalue weighted by molar-refractivity contribution is -0.138. The number of rotatable bonds is 23. The predicted octanol–water partition coefficient (Wildman–Crippen LogP) is 2.11. The van der Waals surface area contributed by atoms with Gasteiger partial charge in [-0.1, -0.05) is 60.1 Å². The molecule has 2 unspecified atom stereocenters. The van der Waals surface area contributed by atoms with Crippen molar-refractivity contribution in [3.8, 4) is 0 Å². The van der Waals surface area contributed by atoms with Gasteiger partial charge in [0, 0.05) is 37.4 Å². The molecule has 0 saturated carbocycles. The molecular formula is C22H42N4O6S2. The fourth-order valence-corrected chi connectivity index (χ4v) is 5.19. The molecule has 8 N–H and O–H groups in total. The lowest BCUT2D eigenvalue weighted by Crippen LogP contribution is -2.43. The van der Waals surface area contributed by atoms with Crippen LogP contribution in [0.4, 0.5) is 0 Å². The monoisotopic (exact) mass is 522 g/mol. The van der Waals surface area contributed by atoms with Crippen LogP contribution >= 0.6 is 21.6 Å². The molecule has 198 valence electrons. The fraction of sp³-hybridized carbons (Fsp3) is 0.818. The van der Waals surface area contributed by atoms with Crippen molar-refractivity contribution in [3.05, 3.63) is 0 Å². The molecule has 0 aromatic heterocycles. The van der Waals surface area contributed by atoms with E-state index in [1.807, 2.05) is 0 Å². The molecule has 0 heterocycles. The van der Waals surface area contributed by atoms with E-state index in [9.17, 15) is 19.2 Å². The van der Waals surface area contributed by atoms with Crippen LogP contribution in [0.25, 0.3) is 0 Å². The van der Waals surface area contributed by atoms with E-state index in [4.69, 9.17) is 21.7 Å². The normalized spacial score (nSPS) is 12.6. The average molecular weight is 523 g/mol. The molecule has 0 fully saturated rings. The molecule has 0 rings (SSSR count). The molecule has 0 aromatic carbocycles. The van der Waals surface area contributed by atoms with Crippen LogP contribution in [0, 0.1) is 0 Å². The van der Waals surface area contributed by atoms with Crippen LogP contribution in [0.1, 0.15) is 77.0 Å². The van der Waals surface area contributed by atoms with Gasteiger partial charge < -0.3 is 32.3 Å². The van der Waals surface area contributed by atoms with Gasteiger partial charge >= 0.3 is 11.9 Å². The zero-order valence-corrected chi connectivity index (χ0v) is 21.6. The maximum absolute atomic E-state index is 12.0. The van der Waals surface area contributed by atoms with E-state index in [0.717, 1.165) is 51.4 Å². The summed E-state index contributed by atoms with van der Waals surface area (Å²) in [4.78, 5) is 44.9. The average Bonchev–Trinajstić information content (AvgIpc) is 2.79. The summed E-state index contributed by atoms with van der Waals surface area (Å²) in [6, 6.07) is -1.26. The molecule has 0 bridgehead atoms. The van der Waals surface area contributed by atoms with Crippen LogP contribution in [0.3, 0.4) is 0 Å². The van der Waals surface area contributed by atoms with Crippen molar-refractivity contribution in [2.24, 2.45) is 11.5 Å². The molecule has 0 aliphatic carbocycles. The largest absolute Gasteiger partial charge is 0.481 e. The Hall–Kier alpha value is -1.50. The number of carbonyl (C=O) groups excluding carboxylic acids is 2. The van der Waals surface area contributed by atoms with Gasteiger partial charge in [-0.05, 0) is 25.7 Å². The second kappa shape index (κ2) is 22.0. The van der Waals surface area contributed by atoms with Crippen molar-refractivity contribution in [2.75, 3.05) is 24.6 Å². The Labute approximate surface area is 210 Å². The van der Waals surface area contributed by atoms with E-state index in [2.05, 4.69) is 10.6 Å². The van der Waals surface area contributed by atoms with Crippen LogP contribution in [0.2, 0.25) is 0 Å². The van der Waals surface area contributed by atoms with E-state index in [1.54, 1.807) is 0 Å². The smallest absolute Gasteiger partial charge is 0.303 e. The summed E-state index contributed by atoms with van der Waals surface area (Å²) >= 11 is 0. The summed E-state index contributed by atoms with van der Waals surface area (Å²) in [6.45, 7) is 1.10. The van der Waals surface area contributed by atoms with Gasteiger partial charge in [0.2, 0.25) is 11.8 Å². The van der Waals surface area contributed by atoms with Crippen LogP contribution in [-0.2, 0) is 19.2 Å². The molecule has 10 nitrogen and oxygen atoms in total. The molecule has 0 aliphatic heterocycles. The Morgan fingerprint density at radius 3 is 1.26 bits per heavy atom. The van der Waals surface area contributed by atoms with E-state index in [1.165, 1.54) is 21.6 Å². The lowest BCUT2D eigenvalue weighted by Gasteiger charge is -2.13. The van der Waals surface area contributed by atoms with Crippen LogP contribution in [0.15, 0.2) is 0 Å². The van der Waals surface area contributed by atoms with Gasteiger partial charge in [0.1, 0.15) is 0 Å². The third kappa shape index (κ3) is 21.1. The van der Waals surface area contributed by atoms with Crippen molar-refractivity contribution < 1.29 is 29.4 Å². The zero-order chi connectivity index (χ0) is 25.6. The maximum Gasteiger partial charge on any atom is 0.303 e. The number of carboxylic acids is 2. The van der Waals surface area contributed by atoms with Crippen LogP contribution in [-0.4, -0.2) is 70.6 Å². The van der Waals surface area contributed by atoms with Gasteiger partial charge in [-0.3, -0.25) is 19.2 Å². The first kappa shape index (κ1) is 32.5. The quantitative estimate of drug-likeness (QED) is 0.0857. The Morgan fingerprint density at radius 2 is 0.912 bits per heavy atom. The molecule has 0 aliphatic rings. The molecule has 34 heavy (non-hydrogen) atoms. The van der Waals surface area contributed by atoms with Crippen molar-refractivity contribution >= 4 is 45.3 Å². The van der Waals surface area contributed by atoms with Gasteiger partial charge in [0.15, 0.2) is 0 Å². The van der Waals surface area contributed by atoms with E-state index >= 15 is 0 Å². The van der Waals surface area contributed by atoms with Crippen molar-refractivity contribution in [1.82, 2.24) is 10.6 Å². The second-order valence-corrected chi connectivity index (χ2v) is 10.7. The molecule has 0 spiro atoms. The SMILES string of the molecule is NC(CSSCC(N)C(=O)NCCCCCCCC(=O)O)C(=O)NCCCCCCCC(=O)O. The highest BCUT2D eigenvalue weighted by atomic mass is 33.1. The number of unbranched alkanes of at least 4 members (excludes halogenated alkanes) is 8. The summed E-state index contributed by atoms with van der Waals surface area (Å²) in [5.74, 6) is -1.11. The van der Waals surface area contributed by atoms with Crippen molar-refractivity contribution in [1.29, 1.82) is 0 Å². The van der Waals surface area contributed by atoms with Gasteiger partial charge in [-0.15, -0.1) is 0 Å². The predicted molar refractivity (Wildman–Crippen MR) is 138 cm³/mol. The Bertz CT molecular complexity index is 548. The number of amides is 2. The second-order valence-electron chi connectivity index (χ2n) is 8.19. The number of hydrogen-bond donors (Lipinski definition) is 6. The highest BCUT2D eigenvalue weighted by molar-refractivity contribution is 8.76. The minimum Gasteiger partial charge on any atom is -0.481 e. The minimum absolute atomic E-state index is 0.204. The van der Waals surface area contributed by atoms with Crippen molar-refractivity contribution in [3.63, 3.8) is 0 Å². The Kier molecular flexibility index (Phi) is 21.0. The number of carbonyl (C=O) groups is 4. The van der Waals surface area contributed by atoms with Crippen LogP contribution < -0.4 is 22.1 Å². The Morgan fingerprint density at radius 1 is 0.588 bits per heavy atom. The standard InChI is InChI=1S/C22H42N4O6S2/c23-17(21(31)25-13-9-5-1-3-7-11-19(27)28)15-33-34-16-18(24)22(32)26-14-10-6-2-4-8-12-20(29)30/h17-18H,1-16,23-24H2,(H,25,31)(H,26,32)(H,27,28)(H,29,30). The zero-order valence-electron chi connectivity index (χ0n) is 20.0. The summed E-state index contributed by atoms with van der Waals surface area (Å²) in [6.07, 6.45) is 8.98. The first-order valence-electron chi connectivity index (χ1n) is 12.0. The summed E-state index contributed by atoms with van der Waals surface area (Å²) in [5.41, 5.74) is 11.8. The van der Waals surface area contributed by atoms with E-state index < -0.39 is 24.0 Å². The summed E-state index contributed by atoms with van der Waals surface area (Å²) < 4.78 is 0. The number of hydrogen-bond acceptors (Lipinski definition) is 8. The molecular weight excluding hydrogens is 480 g/mol. The van der Waals surface area contributed by atoms with Crippen molar-refractivity contribution in [2.45, 2.75) is 89.1 Å². The summed E-state index contributed by atoms with van der Waals surface area (Å²) in [5, 5.41) is 22.8. The number of nitrogens with two attached hydrogens (primary N) is 2. The molecule has 2 atom stereocenters. The third-order valence-corrected chi connectivity index (χ3v) is 7.46. The number of nitrogens with one attached hydrogen (secondary N) is 2. The van der Waals surface area contributed by atoms with Gasteiger partial charge in [0.25, 0.3) is 0 Å². The lowest BCUT2D eigenvalue weighted by atomic mass is 10.1. The fourth-order valence-electron chi connectivity index (χ4n) is 2.94. The molecule has 0 radical (unpaired) electrons. The topological polar surface area (TPSA) is 185 Å². The maximum atomic E-state index is 12.0. The first-order chi connectivity index (χ1) is 16.2. The number of aliphatic carboxylic acids is 2. The van der Waals surface area contributed by atoms with Gasteiger partial charge in [0.05, 0.1) is 12.1 Å². The van der Waals surface area contributed by atoms with Crippen LogP contribution in [0.5, 0.6) is 0 Å². The Balaban J connectivity index is 3.63. The number of carboxylic acid groups (broad SMARTS) is 2. The van der Waals surface area contributed by atoms with Gasteiger partial charge in [-0.2, -0.15) is 0 Å². The summed E-state index contributed by atoms with van der Waals surface area (Å²) in [7, 11) is 2.83. The third-order valence-electron chi connectivity index (χ3n) is 4.99. The minimum atomic E-state index is -0.766. The highest BCUT2D eigenvalue weighted by Gasteiger charge is 2.16. The first-order valence-corrected chi connectivity index (χ1v) is 14.5. The molecule has 0 saturated heterocycles. The van der Waals surface area contributed by atoms with E-state index in [-0.39, 0.29) is 24.7 Å². The molecule has 0 aromatic rings. The van der Waals surface area contributed by atoms with E-state index in [0.29, 0.717) is 37.4 Å².